The average molecular weight is 526 g/mol. The molecule has 4 aromatic rings. The van der Waals surface area contributed by atoms with Crippen LogP contribution in [0.2, 0.25) is 0 Å². The fourth-order valence-electron chi connectivity index (χ4n) is 5.28. The zero-order chi connectivity index (χ0) is 26.9. The summed E-state index contributed by atoms with van der Waals surface area (Å²) in [6, 6.07) is 25.5. The fourth-order valence-corrected chi connectivity index (χ4v) is 5.28. The normalized spacial score (nSPS) is 15.8. The maximum absolute atomic E-state index is 14.0. The van der Waals surface area contributed by atoms with Gasteiger partial charge in [0.1, 0.15) is 23.3 Å². The molecule has 0 radical (unpaired) electrons. The van der Waals surface area contributed by atoms with Crippen molar-refractivity contribution in [1.82, 2.24) is 4.90 Å². The molecule has 198 valence electrons. The Bertz CT molecular complexity index is 1460. The summed E-state index contributed by atoms with van der Waals surface area (Å²) >= 11 is 0. The largest absolute Gasteiger partial charge is 0.494 e. The molecule has 39 heavy (non-hydrogen) atoms. The number of hydrogen-bond acceptors (Lipinski definition) is 6. The number of aliphatic hydroxyl groups excluding tert-OH is 1. The topological polar surface area (TPSA) is 83.1 Å². The first-order valence-electron chi connectivity index (χ1n) is 12.8. The number of aliphatic hydroxyl groups is 1. The van der Waals surface area contributed by atoms with E-state index in [0.29, 0.717) is 47.1 Å². The van der Waals surface area contributed by atoms with Crippen LogP contribution >= 0.6 is 0 Å². The molecule has 8 heteroatoms. The number of carbonyl (C=O) groups excluding carboxylic acids is 1. The van der Waals surface area contributed by atoms with E-state index in [1.807, 2.05) is 60.7 Å². The van der Waals surface area contributed by atoms with E-state index >= 15 is 0 Å². The minimum Gasteiger partial charge on any atom is -0.494 e. The number of rotatable bonds is 7. The van der Waals surface area contributed by atoms with Crippen molar-refractivity contribution in [1.29, 1.82) is 0 Å². The number of carbonyl (C=O) groups is 1. The molecule has 3 N–H and O–H groups in total. The maximum Gasteiger partial charge on any atom is 0.260 e. The second kappa shape index (κ2) is 10.3. The van der Waals surface area contributed by atoms with Crippen molar-refractivity contribution in [3.8, 4) is 11.5 Å². The van der Waals surface area contributed by atoms with E-state index in [9.17, 15) is 14.3 Å². The Morgan fingerprint density at radius 1 is 0.897 bits per heavy atom. The summed E-state index contributed by atoms with van der Waals surface area (Å²) in [6.45, 7) is 1.33. The zero-order valence-electron chi connectivity index (χ0n) is 21.4. The van der Waals surface area contributed by atoms with E-state index in [4.69, 9.17) is 9.47 Å². The van der Waals surface area contributed by atoms with Gasteiger partial charge in [-0.1, -0.05) is 72.8 Å². The molecule has 1 atom stereocenters. The third-order valence-corrected chi connectivity index (χ3v) is 7.11. The molecule has 0 fully saturated rings. The Morgan fingerprint density at radius 2 is 1.46 bits per heavy atom. The molecule has 1 unspecified atom stereocenters. The number of benzene rings is 4. The minimum absolute atomic E-state index is 0.0872. The zero-order valence-corrected chi connectivity index (χ0v) is 21.4. The number of nitrogens with zero attached hydrogens (tertiary/aromatic N) is 1. The standard InChI is InChI=1S/C31H28FN3O4/c1-38-28-23-24(31(37)35(30(23)36)18-19-12-14-22(32)15-13-19)29(26-25(28)33-16-17-34-26)39-27(20-8-4-2-5-9-20)21-10-6-3-7-11-21/h2-15,27,30,33-34,36H,16-18H2,1H3. The van der Waals surface area contributed by atoms with Crippen molar-refractivity contribution in [3.05, 3.63) is 119 Å². The highest BCUT2D eigenvalue weighted by atomic mass is 19.1. The lowest BCUT2D eigenvalue weighted by Gasteiger charge is -2.29. The highest BCUT2D eigenvalue weighted by Crippen LogP contribution is 2.54. The quantitative estimate of drug-likeness (QED) is 0.296. The van der Waals surface area contributed by atoms with Crippen molar-refractivity contribution in [2.24, 2.45) is 0 Å². The van der Waals surface area contributed by atoms with Gasteiger partial charge in [0.05, 0.1) is 18.2 Å². The van der Waals surface area contributed by atoms with Gasteiger partial charge in [0.25, 0.3) is 5.91 Å². The number of fused-ring (bicyclic) bond motifs is 2. The lowest BCUT2D eigenvalue weighted by molar-refractivity contribution is 0.0129. The second-order valence-corrected chi connectivity index (χ2v) is 9.51. The third-order valence-electron chi connectivity index (χ3n) is 7.11. The lowest BCUT2D eigenvalue weighted by atomic mass is 9.99. The van der Waals surface area contributed by atoms with Crippen molar-refractivity contribution in [2.75, 3.05) is 30.8 Å². The molecule has 0 bridgehead atoms. The van der Waals surface area contributed by atoms with Gasteiger partial charge in [-0.25, -0.2) is 4.39 Å². The van der Waals surface area contributed by atoms with Gasteiger partial charge in [-0.15, -0.1) is 0 Å². The molecule has 0 saturated carbocycles. The van der Waals surface area contributed by atoms with Crippen LogP contribution < -0.4 is 20.1 Å². The van der Waals surface area contributed by atoms with Gasteiger partial charge < -0.3 is 30.1 Å². The first-order valence-corrected chi connectivity index (χ1v) is 12.8. The van der Waals surface area contributed by atoms with E-state index < -0.39 is 18.2 Å². The number of methoxy groups -OCH3 is 1. The molecule has 0 aliphatic carbocycles. The average Bonchev–Trinajstić information content (AvgIpc) is 3.22. The van der Waals surface area contributed by atoms with Crippen molar-refractivity contribution >= 4 is 17.3 Å². The summed E-state index contributed by atoms with van der Waals surface area (Å²) in [5.41, 5.74) is 4.35. The number of ether oxygens (including phenoxy) is 2. The molecule has 6 rings (SSSR count). The number of nitrogens with one attached hydrogen (secondary N) is 2. The maximum atomic E-state index is 14.0. The van der Waals surface area contributed by atoms with Crippen LogP contribution in [0.1, 0.15) is 44.9 Å². The van der Waals surface area contributed by atoms with Gasteiger partial charge in [-0.05, 0) is 28.8 Å². The molecule has 0 saturated heterocycles. The highest BCUT2D eigenvalue weighted by Gasteiger charge is 2.44. The Kier molecular flexibility index (Phi) is 6.54. The van der Waals surface area contributed by atoms with E-state index in [2.05, 4.69) is 10.6 Å². The van der Waals surface area contributed by atoms with Crippen molar-refractivity contribution < 1.29 is 23.8 Å². The molecule has 2 aliphatic heterocycles. The Balaban J connectivity index is 1.50. The molecular weight excluding hydrogens is 497 g/mol. The lowest BCUT2D eigenvalue weighted by Crippen LogP contribution is -2.27. The molecule has 0 spiro atoms. The summed E-state index contributed by atoms with van der Waals surface area (Å²) in [5.74, 6) is -0.0371. The van der Waals surface area contributed by atoms with Crippen LogP contribution in [0.3, 0.4) is 0 Å². The Labute approximate surface area is 225 Å². The fraction of sp³-hybridized carbons (Fsp3) is 0.194. The van der Waals surface area contributed by atoms with E-state index in [1.54, 1.807) is 12.1 Å². The van der Waals surface area contributed by atoms with Gasteiger partial charge in [0, 0.05) is 19.6 Å². The summed E-state index contributed by atoms with van der Waals surface area (Å²) < 4.78 is 26.1. The summed E-state index contributed by atoms with van der Waals surface area (Å²) in [5, 5.41) is 18.2. The number of anilines is 2. The molecule has 4 aromatic carbocycles. The van der Waals surface area contributed by atoms with Crippen LogP contribution in [-0.2, 0) is 6.54 Å². The summed E-state index contributed by atoms with van der Waals surface area (Å²) in [7, 11) is 1.52. The van der Waals surface area contributed by atoms with E-state index in [-0.39, 0.29) is 17.9 Å². The van der Waals surface area contributed by atoms with Gasteiger partial charge in [0.2, 0.25) is 0 Å². The number of halogens is 1. The summed E-state index contributed by atoms with van der Waals surface area (Å²) in [4.78, 5) is 15.4. The van der Waals surface area contributed by atoms with Gasteiger partial charge >= 0.3 is 0 Å². The molecule has 0 aromatic heterocycles. The van der Waals surface area contributed by atoms with E-state index in [1.165, 1.54) is 24.1 Å². The van der Waals surface area contributed by atoms with Crippen LogP contribution in [0.5, 0.6) is 11.5 Å². The number of amides is 1. The molecule has 1 amide bonds. The molecule has 2 aliphatic rings. The van der Waals surface area contributed by atoms with Gasteiger partial charge in [0.15, 0.2) is 17.7 Å². The molecular formula is C31H28FN3O4. The van der Waals surface area contributed by atoms with Crippen LogP contribution in [-0.4, -0.2) is 36.1 Å². The van der Waals surface area contributed by atoms with Crippen LogP contribution in [0.4, 0.5) is 15.8 Å². The second-order valence-electron chi connectivity index (χ2n) is 9.51. The Hall–Kier alpha value is -4.56. The minimum atomic E-state index is -1.28. The van der Waals surface area contributed by atoms with Crippen LogP contribution in [0, 0.1) is 5.82 Å². The van der Waals surface area contributed by atoms with Crippen LogP contribution in [0.15, 0.2) is 84.9 Å². The Morgan fingerprint density at radius 3 is 2.03 bits per heavy atom. The third kappa shape index (κ3) is 4.42. The van der Waals surface area contributed by atoms with Crippen molar-refractivity contribution in [2.45, 2.75) is 18.9 Å². The predicted octanol–water partition coefficient (Wildman–Crippen LogP) is 5.49. The van der Waals surface area contributed by atoms with Crippen molar-refractivity contribution in [3.63, 3.8) is 0 Å². The monoisotopic (exact) mass is 525 g/mol. The predicted molar refractivity (Wildman–Crippen MR) is 147 cm³/mol. The first-order chi connectivity index (χ1) is 19.1. The molecule has 7 nitrogen and oxygen atoms in total. The van der Waals surface area contributed by atoms with Crippen LogP contribution in [0.25, 0.3) is 0 Å². The number of hydrogen-bond donors (Lipinski definition) is 3. The first kappa shape index (κ1) is 24.8. The summed E-state index contributed by atoms with van der Waals surface area (Å²) in [6.07, 6.45) is -1.80. The molecule has 2 heterocycles. The van der Waals surface area contributed by atoms with Gasteiger partial charge in [-0.3, -0.25) is 4.79 Å². The highest BCUT2D eigenvalue weighted by molar-refractivity contribution is 6.07. The smallest absolute Gasteiger partial charge is 0.260 e. The SMILES string of the molecule is COc1c2c(c(OC(c3ccccc3)c3ccccc3)c3c1C(O)N(Cc1ccc(F)cc1)C3=O)NCCN2. The van der Waals surface area contributed by atoms with E-state index in [0.717, 1.165) is 11.1 Å². The van der Waals surface area contributed by atoms with Gasteiger partial charge in [-0.2, -0.15) is 0 Å².